The van der Waals surface area contributed by atoms with Gasteiger partial charge in [-0.25, -0.2) is 4.99 Å². The first kappa shape index (κ1) is 17.2. The third kappa shape index (κ3) is 3.68. The van der Waals surface area contributed by atoms with Crippen molar-refractivity contribution < 1.29 is 4.79 Å². The van der Waals surface area contributed by atoms with E-state index in [2.05, 4.69) is 25.1 Å². The van der Waals surface area contributed by atoms with Crippen LogP contribution in [-0.2, 0) is 17.8 Å². The van der Waals surface area contributed by atoms with Crippen molar-refractivity contribution in [2.75, 3.05) is 0 Å². The van der Waals surface area contributed by atoms with Gasteiger partial charge in [0.05, 0.1) is 11.7 Å². The summed E-state index contributed by atoms with van der Waals surface area (Å²) in [6.45, 7) is 2.65. The third-order valence-electron chi connectivity index (χ3n) is 5.06. The van der Waals surface area contributed by atoms with E-state index in [0.29, 0.717) is 18.7 Å². The predicted molar refractivity (Wildman–Crippen MR) is 109 cm³/mol. The first-order valence-electron chi connectivity index (χ1n) is 9.27. The van der Waals surface area contributed by atoms with Gasteiger partial charge in [0.1, 0.15) is 5.71 Å². The Balaban J connectivity index is 1.73. The van der Waals surface area contributed by atoms with Crippen LogP contribution < -0.4 is 0 Å². The van der Waals surface area contributed by atoms with Crippen LogP contribution in [0.2, 0.25) is 0 Å². The van der Waals surface area contributed by atoms with Gasteiger partial charge in [0.15, 0.2) is 0 Å². The Morgan fingerprint density at radius 3 is 2.26 bits per heavy atom. The number of hydrogen-bond acceptors (Lipinski definition) is 2. The molecule has 4 rings (SSSR count). The van der Waals surface area contributed by atoms with E-state index in [-0.39, 0.29) is 11.9 Å². The number of benzene rings is 3. The molecule has 0 N–H and O–H groups in total. The fraction of sp³-hybridized carbons (Fsp3) is 0.167. The normalized spacial score (nSPS) is 14.9. The molecule has 1 aliphatic heterocycles. The van der Waals surface area contributed by atoms with Crippen LogP contribution in [0.3, 0.4) is 0 Å². The van der Waals surface area contributed by atoms with Crippen LogP contribution in [0.25, 0.3) is 0 Å². The zero-order valence-electron chi connectivity index (χ0n) is 15.4. The van der Waals surface area contributed by atoms with Gasteiger partial charge < -0.3 is 4.90 Å². The summed E-state index contributed by atoms with van der Waals surface area (Å²) in [5.41, 5.74) is 4.78. The monoisotopic (exact) mass is 354 g/mol. The quantitative estimate of drug-likeness (QED) is 0.641. The summed E-state index contributed by atoms with van der Waals surface area (Å²) < 4.78 is 0. The summed E-state index contributed by atoms with van der Waals surface area (Å²) in [6, 6.07) is 28.2. The van der Waals surface area contributed by atoms with Gasteiger partial charge in [-0.3, -0.25) is 4.79 Å². The minimum atomic E-state index is -0.0224. The van der Waals surface area contributed by atoms with Gasteiger partial charge in [-0.2, -0.15) is 0 Å². The molecular formula is C24H22N2O. The van der Waals surface area contributed by atoms with E-state index in [1.54, 1.807) is 0 Å². The molecule has 27 heavy (non-hydrogen) atoms. The van der Waals surface area contributed by atoms with Crippen LogP contribution in [0.15, 0.2) is 89.9 Å². The summed E-state index contributed by atoms with van der Waals surface area (Å²) >= 11 is 0. The van der Waals surface area contributed by atoms with Crippen molar-refractivity contribution in [2.45, 2.75) is 25.9 Å². The summed E-state index contributed by atoms with van der Waals surface area (Å²) in [4.78, 5) is 20.1. The van der Waals surface area contributed by atoms with Gasteiger partial charge in [-0.1, -0.05) is 78.9 Å². The average molecular weight is 354 g/mol. The number of nitrogens with zero attached hydrogens (tertiary/aromatic N) is 2. The maximum atomic E-state index is 13.4. The lowest BCUT2D eigenvalue weighted by molar-refractivity contribution is -0.126. The van der Waals surface area contributed by atoms with Crippen molar-refractivity contribution >= 4 is 17.3 Å². The largest absolute Gasteiger partial charge is 0.326 e. The van der Waals surface area contributed by atoms with Crippen molar-refractivity contribution in [3.63, 3.8) is 0 Å². The van der Waals surface area contributed by atoms with Gasteiger partial charge in [-0.05, 0) is 29.7 Å². The number of para-hydroxylation sites is 1. The number of amides is 1. The Kier molecular flexibility index (Phi) is 4.84. The standard InChI is InChI=1S/C24H22N2O/c1-18(20-12-6-3-7-13-20)26-17-21-14-8-9-15-22(21)25-23(24(26)27)16-19-10-4-2-5-11-19/h2-15,18H,16-17H2,1H3/t18-/m0/s1. The summed E-state index contributed by atoms with van der Waals surface area (Å²) in [5, 5.41) is 0. The van der Waals surface area contributed by atoms with Crippen LogP contribution in [0.1, 0.15) is 29.7 Å². The Bertz CT molecular complexity index is 964. The molecule has 0 saturated heterocycles. The molecular weight excluding hydrogens is 332 g/mol. The second kappa shape index (κ2) is 7.58. The molecule has 0 aliphatic carbocycles. The fourth-order valence-corrected chi connectivity index (χ4v) is 3.50. The SMILES string of the molecule is C[C@@H](c1ccccc1)N1Cc2ccccc2N=C(Cc2ccccc2)C1=O. The number of rotatable bonds is 4. The molecule has 134 valence electrons. The summed E-state index contributed by atoms with van der Waals surface area (Å²) in [6.07, 6.45) is 0.534. The minimum absolute atomic E-state index is 0.00593. The highest BCUT2D eigenvalue weighted by atomic mass is 16.2. The Hall–Kier alpha value is -3.20. The van der Waals surface area contributed by atoms with Gasteiger partial charge in [0, 0.05) is 13.0 Å². The number of aliphatic imine (C=N–C) groups is 1. The molecule has 0 spiro atoms. The van der Waals surface area contributed by atoms with Crippen molar-refractivity contribution in [2.24, 2.45) is 4.99 Å². The molecule has 1 heterocycles. The lowest BCUT2D eigenvalue weighted by Crippen LogP contribution is -2.37. The highest BCUT2D eigenvalue weighted by molar-refractivity contribution is 6.40. The minimum Gasteiger partial charge on any atom is -0.326 e. The van der Waals surface area contributed by atoms with E-state index >= 15 is 0 Å². The smallest absolute Gasteiger partial charge is 0.269 e. The topological polar surface area (TPSA) is 32.7 Å². The number of hydrogen-bond donors (Lipinski definition) is 0. The number of fused-ring (bicyclic) bond motifs is 1. The Labute approximate surface area is 160 Å². The van der Waals surface area contributed by atoms with Crippen molar-refractivity contribution in [1.29, 1.82) is 0 Å². The van der Waals surface area contributed by atoms with Crippen LogP contribution in [0.5, 0.6) is 0 Å². The highest BCUT2D eigenvalue weighted by Gasteiger charge is 2.29. The van der Waals surface area contributed by atoms with Gasteiger partial charge in [0.2, 0.25) is 0 Å². The maximum Gasteiger partial charge on any atom is 0.269 e. The third-order valence-corrected chi connectivity index (χ3v) is 5.06. The van der Waals surface area contributed by atoms with Crippen molar-refractivity contribution in [1.82, 2.24) is 4.90 Å². The Morgan fingerprint density at radius 2 is 1.52 bits per heavy atom. The second-order valence-electron chi connectivity index (χ2n) is 6.87. The average Bonchev–Trinajstić information content (AvgIpc) is 2.86. The molecule has 0 unspecified atom stereocenters. The van der Waals surface area contributed by atoms with Crippen LogP contribution in [0.4, 0.5) is 5.69 Å². The number of carbonyl (C=O) groups is 1. The molecule has 0 fully saturated rings. The molecule has 3 aromatic rings. The molecule has 3 nitrogen and oxygen atoms in total. The predicted octanol–water partition coefficient (Wildman–Crippen LogP) is 5.11. The van der Waals surface area contributed by atoms with Crippen LogP contribution >= 0.6 is 0 Å². The lowest BCUT2D eigenvalue weighted by Gasteiger charge is -2.29. The van der Waals surface area contributed by atoms with E-state index in [1.165, 1.54) is 0 Å². The molecule has 1 atom stereocenters. The molecule has 1 aliphatic rings. The van der Waals surface area contributed by atoms with Crippen LogP contribution in [0, 0.1) is 0 Å². The van der Waals surface area contributed by atoms with E-state index < -0.39 is 0 Å². The van der Waals surface area contributed by atoms with E-state index in [4.69, 9.17) is 4.99 Å². The van der Waals surface area contributed by atoms with E-state index in [0.717, 1.165) is 22.4 Å². The van der Waals surface area contributed by atoms with Crippen LogP contribution in [-0.4, -0.2) is 16.5 Å². The summed E-state index contributed by atoms with van der Waals surface area (Å²) in [7, 11) is 0. The fourth-order valence-electron chi connectivity index (χ4n) is 3.50. The zero-order valence-corrected chi connectivity index (χ0v) is 15.4. The molecule has 0 radical (unpaired) electrons. The molecule has 0 saturated carbocycles. The maximum absolute atomic E-state index is 13.4. The number of carbonyl (C=O) groups excluding carboxylic acids is 1. The van der Waals surface area contributed by atoms with E-state index in [1.807, 2.05) is 71.6 Å². The van der Waals surface area contributed by atoms with E-state index in [9.17, 15) is 4.79 Å². The van der Waals surface area contributed by atoms with Crippen molar-refractivity contribution in [3.8, 4) is 0 Å². The molecule has 3 heteroatoms. The molecule has 1 amide bonds. The lowest BCUT2D eigenvalue weighted by atomic mass is 10.0. The van der Waals surface area contributed by atoms with Gasteiger partial charge >= 0.3 is 0 Å². The first-order valence-corrected chi connectivity index (χ1v) is 9.27. The van der Waals surface area contributed by atoms with Gasteiger partial charge in [-0.15, -0.1) is 0 Å². The molecule has 0 bridgehead atoms. The highest BCUT2D eigenvalue weighted by Crippen LogP contribution is 2.30. The first-order chi connectivity index (χ1) is 13.2. The Morgan fingerprint density at radius 1 is 0.889 bits per heavy atom. The summed E-state index contributed by atoms with van der Waals surface area (Å²) in [5.74, 6) is 0.00593. The molecule has 0 aromatic heterocycles. The second-order valence-corrected chi connectivity index (χ2v) is 6.87. The van der Waals surface area contributed by atoms with Gasteiger partial charge in [0.25, 0.3) is 5.91 Å². The molecule has 3 aromatic carbocycles. The zero-order chi connectivity index (χ0) is 18.6. The van der Waals surface area contributed by atoms with Crippen molar-refractivity contribution in [3.05, 3.63) is 102 Å².